The van der Waals surface area contributed by atoms with E-state index in [1.807, 2.05) is 18.2 Å². The molecule has 0 saturated heterocycles. The summed E-state index contributed by atoms with van der Waals surface area (Å²) in [5, 5.41) is 11.6. The number of hydrogen-bond donors (Lipinski definition) is 3. The number of nitrogens with zero attached hydrogens (tertiary/aromatic N) is 1. The summed E-state index contributed by atoms with van der Waals surface area (Å²) in [7, 11) is -3.70. The molecule has 1 amide bonds. The van der Waals surface area contributed by atoms with E-state index >= 15 is 0 Å². The second-order valence-electron chi connectivity index (χ2n) is 8.77. The van der Waals surface area contributed by atoms with Crippen molar-refractivity contribution in [3.63, 3.8) is 0 Å². The number of aliphatic hydroxyl groups excluding tert-OH is 1. The number of benzene rings is 2. The van der Waals surface area contributed by atoms with Crippen LogP contribution in [0.15, 0.2) is 65.6 Å². The quantitative estimate of drug-likeness (QED) is 0.323. The number of aromatic nitrogens is 1. The van der Waals surface area contributed by atoms with Crippen molar-refractivity contribution in [2.75, 3.05) is 38.5 Å². The average Bonchev–Trinajstić information content (AvgIpc) is 3.59. The Labute approximate surface area is 217 Å². The number of ether oxygens (including phenoxy) is 3. The number of carbonyl (C=O) groups is 1. The molecule has 3 aromatic rings. The molecular formula is C26H31N3O7S. The Kier molecular flexibility index (Phi) is 7.11. The van der Waals surface area contributed by atoms with E-state index in [1.54, 1.807) is 30.3 Å². The van der Waals surface area contributed by atoms with Crippen LogP contribution in [-0.4, -0.2) is 57.6 Å². The molecule has 198 valence electrons. The third-order valence-corrected chi connectivity index (χ3v) is 7.81. The van der Waals surface area contributed by atoms with E-state index in [1.165, 1.54) is 12.1 Å². The SMILES string of the molecule is O=C(Nc1cccc(-c2ccc(S(=O)(=O)NCCOCCO)cc2)n1)C1(c2ccc3c(c2)OCO3)CC1.[HH].[HH]. The lowest BCUT2D eigenvalue weighted by molar-refractivity contribution is -0.118. The van der Waals surface area contributed by atoms with Gasteiger partial charge >= 0.3 is 0 Å². The van der Waals surface area contributed by atoms with E-state index in [0.29, 0.717) is 28.6 Å². The van der Waals surface area contributed by atoms with Crippen molar-refractivity contribution in [2.45, 2.75) is 23.2 Å². The normalized spacial score (nSPS) is 15.4. The molecule has 0 bridgehead atoms. The molecule has 1 saturated carbocycles. The van der Waals surface area contributed by atoms with Crippen molar-refractivity contribution in [3.05, 3.63) is 66.2 Å². The van der Waals surface area contributed by atoms with Crippen molar-refractivity contribution < 1.29 is 35.4 Å². The maximum Gasteiger partial charge on any atom is 0.240 e. The number of nitrogens with one attached hydrogen (secondary N) is 2. The number of pyridine rings is 1. The molecule has 1 aromatic heterocycles. The minimum atomic E-state index is -3.70. The van der Waals surface area contributed by atoms with Gasteiger partial charge in [-0.25, -0.2) is 18.1 Å². The molecule has 5 rings (SSSR count). The Morgan fingerprint density at radius 1 is 1.05 bits per heavy atom. The van der Waals surface area contributed by atoms with Gasteiger partial charge in [-0.15, -0.1) is 0 Å². The fourth-order valence-electron chi connectivity index (χ4n) is 4.17. The van der Waals surface area contributed by atoms with Crippen LogP contribution < -0.4 is 19.5 Å². The summed E-state index contributed by atoms with van der Waals surface area (Å²) < 4.78 is 43.3. The molecule has 2 heterocycles. The molecule has 0 radical (unpaired) electrons. The topological polar surface area (TPSA) is 136 Å². The highest BCUT2D eigenvalue weighted by Gasteiger charge is 2.51. The Morgan fingerprint density at radius 2 is 1.84 bits per heavy atom. The summed E-state index contributed by atoms with van der Waals surface area (Å²) in [6.45, 7) is 0.478. The predicted molar refractivity (Wildman–Crippen MR) is 139 cm³/mol. The molecule has 2 aromatic carbocycles. The highest BCUT2D eigenvalue weighted by atomic mass is 32.2. The Morgan fingerprint density at radius 3 is 2.59 bits per heavy atom. The monoisotopic (exact) mass is 529 g/mol. The molecule has 1 aliphatic heterocycles. The zero-order valence-corrected chi connectivity index (χ0v) is 20.8. The number of anilines is 1. The molecule has 1 aliphatic carbocycles. The van der Waals surface area contributed by atoms with E-state index in [2.05, 4.69) is 15.0 Å². The lowest BCUT2D eigenvalue weighted by Crippen LogP contribution is -2.28. The summed E-state index contributed by atoms with van der Waals surface area (Å²) in [6, 6.07) is 17.2. The van der Waals surface area contributed by atoms with Crippen LogP contribution in [0.3, 0.4) is 0 Å². The smallest absolute Gasteiger partial charge is 0.240 e. The minimum Gasteiger partial charge on any atom is -0.454 e. The summed E-state index contributed by atoms with van der Waals surface area (Å²) in [6.07, 6.45) is 1.46. The maximum atomic E-state index is 13.2. The number of fused-ring (bicyclic) bond motifs is 1. The number of hydrogen-bond acceptors (Lipinski definition) is 8. The largest absolute Gasteiger partial charge is 0.454 e. The van der Waals surface area contributed by atoms with Gasteiger partial charge in [-0.3, -0.25) is 4.79 Å². The number of rotatable bonds is 11. The van der Waals surface area contributed by atoms with Crippen LogP contribution >= 0.6 is 0 Å². The zero-order valence-electron chi connectivity index (χ0n) is 20.0. The van der Waals surface area contributed by atoms with Crippen molar-refractivity contribution in [1.29, 1.82) is 0 Å². The molecule has 1 fully saturated rings. The first-order chi connectivity index (χ1) is 17.9. The Balaban J connectivity index is 0.00000210. The van der Waals surface area contributed by atoms with E-state index in [-0.39, 0.29) is 46.8 Å². The summed E-state index contributed by atoms with van der Waals surface area (Å²) in [4.78, 5) is 17.9. The summed E-state index contributed by atoms with van der Waals surface area (Å²) >= 11 is 0. The highest BCUT2D eigenvalue weighted by molar-refractivity contribution is 7.89. The minimum absolute atomic E-state index is 0. The summed E-state index contributed by atoms with van der Waals surface area (Å²) in [5.74, 6) is 1.60. The van der Waals surface area contributed by atoms with Crippen LogP contribution in [0.1, 0.15) is 21.3 Å². The second kappa shape index (κ2) is 10.5. The lowest BCUT2D eigenvalue weighted by atomic mass is 9.94. The predicted octanol–water partition coefficient (Wildman–Crippen LogP) is 2.93. The van der Waals surface area contributed by atoms with E-state index in [9.17, 15) is 13.2 Å². The molecule has 37 heavy (non-hydrogen) atoms. The summed E-state index contributed by atoms with van der Waals surface area (Å²) in [5.41, 5.74) is 1.57. The van der Waals surface area contributed by atoms with Crippen molar-refractivity contribution in [1.82, 2.24) is 9.71 Å². The molecular weight excluding hydrogens is 498 g/mol. The van der Waals surface area contributed by atoms with Gasteiger partial charge in [0, 0.05) is 15.0 Å². The van der Waals surface area contributed by atoms with Crippen LogP contribution in [0.2, 0.25) is 0 Å². The van der Waals surface area contributed by atoms with E-state index in [0.717, 1.165) is 18.4 Å². The fourth-order valence-corrected chi connectivity index (χ4v) is 5.18. The van der Waals surface area contributed by atoms with E-state index < -0.39 is 15.4 Å². The van der Waals surface area contributed by atoms with Crippen LogP contribution in [-0.2, 0) is 25.0 Å². The van der Waals surface area contributed by atoms with Crippen LogP contribution in [0, 0.1) is 0 Å². The lowest BCUT2D eigenvalue weighted by Gasteiger charge is -2.16. The Bertz CT molecular complexity index is 1400. The highest BCUT2D eigenvalue weighted by Crippen LogP contribution is 2.51. The van der Waals surface area contributed by atoms with Gasteiger partial charge in [0.1, 0.15) is 5.82 Å². The number of amides is 1. The van der Waals surface area contributed by atoms with Crippen molar-refractivity contribution in [2.24, 2.45) is 0 Å². The molecule has 11 heteroatoms. The van der Waals surface area contributed by atoms with Gasteiger partial charge in [-0.1, -0.05) is 24.3 Å². The molecule has 0 unspecified atom stereocenters. The fraction of sp³-hybridized carbons (Fsp3) is 0.308. The van der Waals surface area contributed by atoms with Crippen molar-refractivity contribution >= 4 is 21.7 Å². The van der Waals surface area contributed by atoms with Gasteiger partial charge in [0.25, 0.3) is 0 Å². The van der Waals surface area contributed by atoms with Gasteiger partial charge in [0.15, 0.2) is 11.5 Å². The van der Waals surface area contributed by atoms with Crippen LogP contribution in [0.5, 0.6) is 11.5 Å². The third-order valence-electron chi connectivity index (χ3n) is 6.33. The third kappa shape index (κ3) is 5.44. The van der Waals surface area contributed by atoms with Gasteiger partial charge in [-0.05, 0) is 54.8 Å². The number of carbonyl (C=O) groups excluding carboxylic acids is 1. The van der Waals surface area contributed by atoms with Crippen molar-refractivity contribution in [3.8, 4) is 22.8 Å². The molecule has 10 nitrogen and oxygen atoms in total. The van der Waals surface area contributed by atoms with Crippen LogP contribution in [0.4, 0.5) is 5.82 Å². The molecule has 3 N–H and O–H groups in total. The first-order valence-corrected chi connectivity index (χ1v) is 13.4. The number of sulfonamides is 1. The second-order valence-corrected chi connectivity index (χ2v) is 10.5. The van der Waals surface area contributed by atoms with Gasteiger partial charge in [0.2, 0.25) is 22.7 Å². The Hall–Kier alpha value is -3.51. The molecule has 0 atom stereocenters. The van der Waals surface area contributed by atoms with Gasteiger partial charge in [0.05, 0.1) is 35.8 Å². The standard InChI is InChI=1S/C26H27N3O7S.2H2/c30-13-15-34-14-12-27-37(32,33)20-7-4-18(5-8-20)21-2-1-3-24(28-21)29-25(31)26(10-11-26)19-6-9-22-23(16-19)36-17-35-22;;/h1-9,16,27,30H,10-15,17H2,(H,28,29,31);2*1H. The van der Waals surface area contributed by atoms with Gasteiger partial charge < -0.3 is 24.6 Å². The van der Waals surface area contributed by atoms with Gasteiger partial charge in [-0.2, -0.15) is 0 Å². The first-order valence-electron chi connectivity index (χ1n) is 11.9. The van der Waals surface area contributed by atoms with E-state index in [4.69, 9.17) is 19.3 Å². The first kappa shape index (κ1) is 25.2. The molecule has 0 spiro atoms. The number of aliphatic hydroxyl groups is 1. The average molecular weight is 530 g/mol. The maximum absolute atomic E-state index is 13.2. The zero-order chi connectivity index (χ0) is 25.9. The molecule has 2 aliphatic rings. The van der Waals surface area contributed by atoms with Crippen LogP contribution in [0.25, 0.3) is 11.3 Å².